The van der Waals surface area contributed by atoms with Gasteiger partial charge in [0.05, 0.1) is 17.6 Å². The first-order valence-corrected chi connectivity index (χ1v) is 9.25. The molecule has 0 aliphatic heterocycles. The lowest BCUT2D eigenvalue weighted by molar-refractivity contribution is 0.341. The maximum atomic E-state index is 8.91. The molecule has 2 aromatic carbocycles. The average Bonchev–Trinajstić information content (AvgIpc) is 2.95. The summed E-state index contributed by atoms with van der Waals surface area (Å²) in [5, 5.41) is 17.9. The number of benzene rings is 2. The van der Waals surface area contributed by atoms with Crippen LogP contribution in [0.1, 0.15) is 32.2 Å². The van der Waals surface area contributed by atoms with Gasteiger partial charge in [-0.1, -0.05) is 49.2 Å². The number of allylic oxidation sites excluding steroid dienone is 1. The monoisotopic (exact) mass is 388 g/mol. The van der Waals surface area contributed by atoms with E-state index in [1.54, 1.807) is 12.1 Å². The molecule has 0 bridgehead atoms. The van der Waals surface area contributed by atoms with Gasteiger partial charge in [0.15, 0.2) is 0 Å². The number of nitrogens with zero attached hydrogens (tertiary/aromatic N) is 1. The maximum absolute atomic E-state index is 8.91. The molecule has 0 saturated heterocycles. The first-order valence-electron chi connectivity index (χ1n) is 8.88. The third-order valence-corrected chi connectivity index (χ3v) is 4.08. The second-order valence-corrected chi connectivity index (χ2v) is 7.05. The number of aryl methyl sites for hydroxylation is 2. The van der Waals surface area contributed by atoms with Crippen molar-refractivity contribution in [2.45, 2.75) is 34.6 Å². The van der Waals surface area contributed by atoms with Gasteiger partial charge in [-0.05, 0) is 62.6 Å². The third kappa shape index (κ3) is 8.76. The number of rotatable bonds is 2. The van der Waals surface area contributed by atoms with Gasteiger partial charge < -0.3 is 15.2 Å². The number of imidazole rings is 1. The van der Waals surface area contributed by atoms with Crippen molar-refractivity contribution in [3.05, 3.63) is 70.5 Å². The van der Waals surface area contributed by atoms with Crippen LogP contribution < -0.4 is 0 Å². The smallest absolute Gasteiger partial charge is 0.117 e. The highest BCUT2D eigenvalue weighted by atomic mass is 35.5. The molecule has 0 atom stereocenters. The fourth-order valence-electron chi connectivity index (χ4n) is 2.18. The Morgan fingerprint density at radius 1 is 1.19 bits per heavy atom. The summed E-state index contributed by atoms with van der Waals surface area (Å²) >= 11 is 5.59. The molecule has 0 aliphatic carbocycles. The third-order valence-electron chi connectivity index (χ3n) is 3.86. The average molecular weight is 389 g/mol. The van der Waals surface area contributed by atoms with E-state index in [0.29, 0.717) is 10.9 Å². The van der Waals surface area contributed by atoms with Crippen LogP contribution in [0.2, 0.25) is 5.02 Å². The van der Waals surface area contributed by atoms with Gasteiger partial charge in [0.1, 0.15) is 11.6 Å². The number of H-pyrrole nitrogens is 1. The van der Waals surface area contributed by atoms with Crippen LogP contribution in [0, 0.1) is 19.8 Å². The van der Waals surface area contributed by atoms with Crippen LogP contribution in [0.25, 0.3) is 11.0 Å². The molecule has 0 aliphatic rings. The Hall–Kier alpha value is -2.30. The molecule has 0 amide bonds. The largest absolute Gasteiger partial charge is 0.508 e. The predicted molar refractivity (Wildman–Crippen MR) is 114 cm³/mol. The molecule has 27 heavy (non-hydrogen) atoms. The van der Waals surface area contributed by atoms with E-state index in [0.717, 1.165) is 22.4 Å². The molecule has 146 valence electrons. The minimum Gasteiger partial charge on any atom is -0.508 e. The van der Waals surface area contributed by atoms with Crippen molar-refractivity contribution in [1.82, 2.24) is 9.97 Å². The molecule has 1 aromatic heterocycles. The van der Waals surface area contributed by atoms with Gasteiger partial charge >= 0.3 is 0 Å². The fraction of sp³-hybridized carbons (Fsp3) is 0.318. The molecular weight excluding hydrogens is 360 g/mol. The number of aliphatic hydroxyl groups excluding tert-OH is 1. The number of aromatic hydroxyl groups is 1. The molecule has 3 N–H and O–H groups in total. The minimum absolute atomic E-state index is 0.171. The molecule has 3 rings (SSSR count). The van der Waals surface area contributed by atoms with E-state index >= 15 is 0 Å². The number of para-hydroxylation sites is 2. The van der Waals surface area contributed by atoms with E-state index in [9.17, 15) is 0 Å². The summed E-state index contributed by atoms with van der Waals surface area (Å²) in [5.74, 6) is 1.77. The number of aromatic nitrogens is 2. The highest BCUT2D eigenvalue weighted by Crippen LogP contribution is 2.18. The summed E-state index contributed by atoms with van der Waals surface area (Å²) in [5.41, 5.74) is 4.38. The predicted octanol–water partition coefficient (Wildman–Crippen LogP) is 5.81. The Balaban J connectivity index is 0.000000205. The standard InChI is InChI=1S/C8H8N2.C7H7ClO.C7H14O/c1-6-9-7-4-2-3-5-8(7)10-6;1-5-2-6(8)4-7(9)3-5;1-6(2)7(3)4-5-8/h2-5H,1H3,(H,9,10);2-4,9H,1H3;4,6,8H,5H2,1-3H3/b;;7-4+. The van der Waals surface area contributed by atoms with E-state index < -0.39 is 0 Å². The first kappa shape index (κ1) is 22.7. The van der Waals surface area contributed by atoms with Crippen molar-refractivity contribution in [2.24, 2.45) is 5.92 Å². The topological polar surface area (TPSA) is 69.1 Å². The normalized spacial score (nSPS) is 10.9. The Labute approximate surface area is 166 Å². The number of aliphatic hydroxyl groups is 1. The number of phenols is 1. The molecule has 0 radical (unpaired) electrons. The van der Waals surface area contributed by atoms with Gasteiger partial charge in [-0.2, -0.15) is 0 Å². The van der Waals surface area contributed by atoms with E-state index in [2.05, 4.69) is 23.8 Å². The van der Waals surface area contributed by atoms with Gasteiger partial charge in [-0.3, -0.25) is 0 Å². The molecule has 0 saturated carbocycles. The number of hydrogen-bond acceptors (Lipinski definition) is 3. The van der Waals surface area contributed by atoms with Gasteiger partial charge in [0.2, 0.25) is 0 Å². The maximum Gasteiger partial charge on any atom is 0.117 e. The van der Waals surface area contributed by atoms with Crippen LogP contribution in [0.15, 0.2) is 54.1 Å². The van der Waals surface area contributed by atoms with Crippen molar-refractivity contribution < 1.29 is 10.2 Å². The summed E-state index contributed by atoms with van der Waals surface area (Å²) in [4.78, 5) is 7.40. The van der Waals surface area contributed by atoms with E-state index in [1.807, 2.05) is 51.1 Å². The number of halogens is 1. The first-order chi connectivity index (χ1) is 12.7. The zero-order valence-electron chi connectivity index (χ0n) is 16.6. The van der Waals surface area contributed by atoms with Crippen LogP contribution >= 0.6 is 11.6 Å². The van der Waals surface area contributed by atoms with Crippen molar-refractivity contribution in [2.75, 3.05) is 6.61 Å². The number of nitrogens with one attached hydrogen (secondary N) is 1. The second-order valence-electron chi connectivity index (χ2n) is 6.61. The Kier molecular flexibility index (Phi) is 9.62. The highest BCUT2D eigenvalue weighted by molar-refractivity contribution is 6.30. The van der Waals surface area contributed by atoms with Crippen molar-refractivity contribution in [3.8, 4) is 5.75 Å². The molecule has 3 aromatic rings. The summed E-state index contributed by atoms with van der Waals surface area (Å²) < 4.78 is 0. The van der Waals surface area contributed by atoms with Gasteiger partial charge in [0.25, 0.3) is 0 Å². The Bertz CT molecular complexity index is 786. The van der Waals surface area contributed by atoms with Gasteiger partial charge in [0, 0.05) is 5.02 Å². The lowest BCUT2D eigenvalue weighted by atomic mass is 10.1. The van der Waals surface area contributed by atoms with Crippen LogP contribution in [0.3, 0.4) is 0 Å². The SMILES string of the molecule is C/C(=C\CO)C(C)C.Cc1cc(O)cc(Cl)c1.Cc1nc2ccccc2[nH]1. The van der Waals surface area contributed by atoms with E-state index in [4.69, 9.17) is 21.8 Å². The van der Waals surface area contributed by atoms with Crippen LogP contribution in [0.4, 0.5) is 0 Å². The second kappa shape index (κ2) is 11.4. The van der Waals surface area contributed by atoms with Crippen LogP contribution in [-0.4, -0.2) is 26.8 Å². The van der Waals surface area contributed by atoms with Crippen LogP contribution in [0.5, 0.6) is 5.75 Å². The summed E-state index contributed by atoms with van der Waals surface area (Å²) in [6.45, 7) is 10.3. The van der Waals surface area contributed by atoms with Crippen molar-refractivity contribution in [1.29, 1.82) is 0 Å². The molecule has 0 fully saturated rings. The van der Waals surface area contributed by atoms with Gasteiger partial charge in [-0.25, -0.2) is 4.98 Å². The number of fused-ring (bicyclic) bond motifs is 1. The molecule has 1 heterocycles. The van der Waals surface area contributed by atoms with Crippen molar-refractivity contribution >= 4 is 22.6 Å². The Morgan fingerprint density at radius 2 is 1.85 bits per heavy atom. The van der Waals surface area contributed by atoms with Crippen molar-refractivity contribution in [3.63, 3.8) is 0 Å². The highest BCUT2D eigenvalue weighted by Gasteiger charge is 1.94. The molecule has 0 unspecified atom stereocenters. The Morgan fingerprint density at radius 3 is 2.33 bits per heavy atom. The quantitative estimate of drug-likeness (QED) is 0.485. The van der Waals surface area contributed by atoms with E-state index in [1.165, 1.54) is 11.6 Å². The number of aromatic amines is 1. The van der Waals surface area contributed by atoms with Crippen LogP contribution in [-0.2, 0) is 0 Å². The lowest BCUT2D eigenvalue weighted by Gasteiger charge is -2.01. The molecule has 5 heteroatoms. The summed E-state index contributed by atoms with van der Waals surface area (Å²) in [7, 11) is 0. The number of hydrogen-bond donors (Lipinski definition) is 3. The molecule has 4 nitrogen and oxygen atoms in total. The van der Waals surface area contributed by atoms with E-state index in [-0.39, 0.29) is 12.4 Å². The lowest BCUT2D eigenvalue weighted by Crippen LogP contribution is -1.89. The molecular formula is C22H29ClN2O2. The molecule has 0 spiro atoms. The zero-order valence-corrected chi connectivity index (χ0v) is 17.4. The summed E-state index contributed by atoms with van der Waals surface area (Å²) in [6.07, 6.45) is 1.84. The zero-order chi connectivity index (χ0) is 20.4. The minimum atomic E-state index is 0.171. The number of phenolic OH excluding ortho intramolecular Hbond substituents is 1. The summed E-state index contributed by atoms with van der Waals surface area (Å²) in [6, 6.07) is 13.0. The fourth-order valence-corrected chi connectivity index (χ4v) is 2.46. The van der Waals surface area contributed by atoms with Gasteiger partial charge in [-0.15, -0.1) is 0 Å².